The largest absolute Gasteiger partial charge is 0.493 e. The zero-order valence-electron chi connectivity index (χ0n) is 17.2. The maximum atomic E-state index is 12.4. The van der Waals surface area contributed by atoms with E-state index < -0.39 is 0 Å². The highest BCUT2D eigenvalue weighted by Crippen LogP contribution is 2.33. The quantitative estimate of drug-likeness (QED) is 0.501. The second kappa shape index (κ2) is 10.3. The van der Waals surface area contributed by atoms with Crippen LogP contribution in [0.25, 0.3) is 0 Å². The summed E-state index contributed by atoms with van der Waals surface area (Å²) >= 11 is 0. The molecule has 2 fully saturated rings. The van der Waals surface area contributed by atoms with Gasteiger partial charge in [-0.3, -0.25) is 4.79 Å². The zero-order chi connectivity index (χ0) is 20.6. The summed E-state index contributed by atoms with van der Waals surface area (Å²) < 4.78 is 15.9. The molecule has 2 heterocycles. The van der Waals surface area contributed by atoms with Crippen LogP contribution in [0.3, 0.4) is 0 Å². The van der Waals surface area contributed by atoms with E-state index in [9.17, 15) is 9.59 Å². The standard InChI is InChI=1S/C20H30N4O5/c1-27-17-5-4-16(13-18(17)28-2)24-14-15(12-19(24)25)22-20(26)21-6-3-7-23-8-10-29-11-9-23/h4-5,13,15H,3,6-12,14H2,1-2H3,(H2,21,22,26)/p+1/t15-/m1/s1. The van der Waals surface area contributed by atoms with Crippen LogP contribution in [0.15, 0.2) is 18.2 Å². The van der Waals surface area contributed by atoms with Crippen molar-refractivity contribution in [2.45, 2.75) is 18.9 Å². The number of rotatable bonds is 8. The van der Waals surface area contributed by atoms with Crippen molar-refractivity contribution in [2.24, 2.45) is 0 Å². The molecular formula is C20H31N4O5+. The van der Waals surface area contributed by atoms with Gasteiger partial charge in [-0.1, -0.05) is 0 Å². The Balaban J connectivity index is 1.43. The van der Waals surface area contributed by atoms with Crippen LogP contribution < -0.4 is 29.9 Å². The number of urea groups is 1. The summed E-state index contributed by atoms with van der Waals surface area (Å²) in [7, 11) is 3.13. The van der Waals surface area contributed by atoms with E-state index >= 15 is 0 Å². The number of carbonyl (C=O) groups is 2. The third kappa shape index (κ3) is 5.74. The molecule has 3 amide bonds. The van der Waals surface area contributed by atoms with Gasteiger partial charge in [0.25, 0.3) is 0 Å². The number of benzene rings is 1. The number of hydrogen-bond acceptors (Lipinski definition) is 5. The number of quaternary nitrogens is 1. The molecule has 0 saturated carbocycles. The lowest BCUT2D eigenvalue weighted by atomic mass is 10.2. The highest BCUT2D eigenvalue weighted by molar-refractivity contribution is 5.97. The number of carbonyl (C=O) groups excluding carboxylic acids is 2. The van der Waals surface area contributed by atoms with E-state index in [0.717, 1.165) is 45.0 Å². The normalized spacial score (nSPS) is 19.9. The van der Waals surface area contributed by atoms with Crippen molar-refractivity contribution in [1.82, 2.24) is 10.6 Å². The van der Waals surface area contributed by atoms with Crippen molar-refractivity contribution in [3.05, 3.63) is 18.2 Å². The van der Waals surface area contributed by atoms with Gasteiger partial charge in [0, 0.05) is 37.7 Å². The molecule has 2 aliphatic rings. The summed E-state index contributed by atoms with van der Waals surface area (Å²) in [5, 5.41) is 5.79. The average Bonchev–Trinajstić information content (AvgIpc) is 3.11. The van der Waals surface area contributed by atoms with Gasteiger partial charge in [0.2, 0.25) is 5.91 Å². The maximum absolute atomic E-state index is 12.4. The minimum absolute atomic E-state index is 0.0292. The van der Waals surface area contributed by atoms with Crippen molar-refractivity contribution in [3.8, 4) is 11.5 Å². The van der Waals surface area contributed by atoms with Crippen molar-refractivity contribution in [2.75, 3.05) is 65.1 Å². The van der Waals surface area contributed by atoms with Gasteiger partial charge in [-0.15, -0.1) is 0 Å². The van der Waals surface area contributed by atoms with Gasteiger partial charge < -0.3 is 34.6 Å². The molecule has 1 aromatic rings. The molecule has 2 aliphatic heterocycles. The lowest BCUT2D eigenvalue weighted by Crippen LogP contribution is -3.14. The molecule has 9 heteroatoms. The summed E-state index contributed by atoms with van der Waals surface area (Å²) in [6.07, 6.45) is 1.20. The average molecular weight is 407 g/mol. The Morgan fingerprint density at radius 3 is 2.72 bits per heavy atom. The molecule has 0 spiro atoms. The number of nitrogens with one attached hydrogen (secondary N) is 3. The first-order valence-corrected chi connectivity index (χ1v) is 10.1. The lowest BCUT2D eigenvalue weighted by Gasteiger charge is -2.23. The van der Waals surface area contributed by atoms with Crippen LogP contribution in [0.5, 0.6) is 11.5 Å². The Bertz CT molecular complexity index is 708. The van der Waals surface area contributed by atoms with E-state index in [1.54, 1.807) is 31.3 Å². The molecule has 3 N–H and O–H groups in total. The number of methoxy groups -OCH3 is 2. The molecule has 0 aliphatic carbocycles. The van der Waals surface area contributed by atoms with Crippen LogP contribution in [0.2, 0.25) is 0 Å². The zero-order valence-corrected chi connectivity index (χ0v) is 17.2. The summed E-state index contributed by atoms with van der Waals surface area (Å²) in [6, 6.07) is 4.91. The minimum atomic E-state index is -0.228. The highest BCUT2D eigenvalue weighted by Gasteiger charge is 2.32. The second-order valence-electron chi connectivity index (χ2n) is 7.31. The van der Waals surface area contributed by atoms with Crippen molar-refractivity contribution in [3.63, 3.8) is 0 Å². The predicted octanol–water partition coefficient (Wildman–Crippen LogP) is -0.586. The second-order valence-corrected chi connectivity index (χ2v) is 7.31. The van der Waals surface area contributed by atoms with Gasteiger partial charge in [-0.25, -0.2) is 4.79 Å². The smallest absolute Gasteiger partial charge is 0.315 e. The molecule has 3 rings (SSSR count). The van der Waals surface area contributed by atoms with Crippen molar-refractivity contribution in [1.29, 1.82) is 0 Å². The molecule has 29 heavy (non-hydrogen) atoms. The molecule has 9 nitrogen and oxygen atoms in total. The van der Waals surface area contributed by atoms with Gasteiger partial charge >= 0.3 is 6.03 Å². The third-order valence-electron chi connectivity index (χ3n) is 5.33. The first-order valence-electron chi connectivity index (χ1n) is 10.1. The summed E-state index contributed by atoms with van der Waals surface area (Å²) in [4.78, 5) is 27.8. The first-order chi connectivity index (χ1) is 14.1. The van der Waals surface area contributed by atoms with Crippen LogP contribution in [-0.4, -0.2) is 78.1 Å². The van der Waals surface area contributed by atoms with E-state index in [0.29, 0.717) is 24.6 Å². The van der Waals surface area contributed by atoms with Crippen LogP contribution >= 0.6 is 0 Å². The van der Waals surface area contributed by atoms with Gasteiger partial charge in [-0.05, 0) is 12.1 Å². The third-order valence-corrected chi connectivity index (χ3v) is 5.33. The Morgan fingerprint density at radius 1 is 1.24 bits per heavy atom. The van der Waals surface area contributed by atoms with E-state index in [4.69, 9.17) is 14.2 Å². The molecule has 1 aromatic carbocycles. The van der Waals surface area contributed by atoms with E-state index in [-0.39, 0.29) is 24.4 Å². The fraction of sp³-hybridized carbons (Fsp3) is 0.600. The van der Waals surface area contributed by atoms with Crippen molar-refractivity contribution < 1.29 is 28.7 Å². The van der Waals surface area contributed by atoms with E-state index in [2.05, 4.69) is 10.6 Å². The highest BCUT2D eigenvalue weighted by atomic mass is 16.5. The summed E-state index contributed by atoms with van der Waals surface area (Å²) in [6.45, 7) is 5.77. The Hall–Kier alpha value is -2.52. The minimum Gasteiger partial charge on any atom is -0.493 e. The molecule has 0 aromatic heterocycles. The van der Waals surface area contributed by atoms with Crippen LogP contribution in [-0.2, 0) is 9.53 Å². The Kier molecular flexibility index (Phi) is 7.54. The molecular weight excluding hydrogens is 376 g/mol. The molecule has 2 saturated heterocycles. The van der Waals surface area contributed by atoms with Gasteiger partial charge in [0.1, 0.15) is 13.1 Å². The van der Waals surface area contributed by atoms with Gasteiger partial charge in [0.15, 0.2) is 11.5 Å². The monoisotopic (exact) mass is 407 g/mol. The topological polar surface area (TPSA) is 93.6 Å². The fourth-order valence-corrected chi connectivity index (χ4v) is 3.73. The van der Waals surface area contributed by atoms with E-state index in [1.807, 2.05) is 6.07 Å². The lowest BCUT2D eigenvalue weighted by molar-refractivity contribution is -0.908. The molecule has 0 radical (unpaired) electrons. The number of amides is 3. The van der Waals surface area contributed by atoms with Gasteiger partial charge in [-0.2, -0.15) is 0 Å². The Morgan fingerprint density at radius 2 is 2.00 bits per heavy atom. The molecule has 0 bridgehead atoms. The van der Waals surface area contributed by atoms with E-state index in [1.165, 1.54) is 4.90 Å². The number of anilines is 1. The molecule has 1 atom stereocenters. The Labute approximate surface area is 171 Å². The SMILES string of the molecule is COc1ccc(N2C[C@H](NC(=O)NCCC[NH+]3CCOCC3)CC2=O)cc1OC. The number of hydrogen-bond donors (Lipinski definition) is 3. The van der Waals surface area contributed by atoms with Crippen LogP contribution in [0.1, 0.15) is 12.8 Å². The van der Waals surface area contributed by atoms with Crippen molar-refractivity contribution >= 4 is 17.6 Å². The van der Waals surface area contributed by atoms with Crippen LogP contribution in [0, 0.1) is 0 Å². The number of nitrogens with zero attached hydrogens (tertiary/aromatic N) is 1. The maximum Gasteiger partial charge on any atom is 0.315 e. The molecule has 160 valence electrons. The first kappa shape index (κ1) is 21.2. The number of ether oxygens (including phenoxy) is 3. The fourth-order valence-electron chi connectivity index (χ4n) is 3.73. The predicted molar refractivity (Wildman–Crippen MR) is 108 cm³/mol. The number of morpholine rings is 1. The summed E-state index contributed by atoms with van der Waals surface area (Å²) in [5.74, 6) is 1.14. The van der Waals surface area contributed by atoms with Gasteiger partial charge in [0.05, 0.1) is 40.0 Å². The van der Waals surface area contributed by atoms with Crippen LogP contribution in [0.4, 0.5) is 10.5 Å². The molecule has 0 unspecified atom stereocenters. The summed E-state index contributed by atoms with van der Waals surface area (Å²) in [5.41, 5.74) is 0.728.